The minimum absolute atomic E-state index is 0.0454. The van der Waals surface area contributed by atoms with Gasteiger partial charge in [-0.05, 0) is 40.6 Å². The van der Waals surface area contributed by atoms with Gasteiger partial charge in [0.05, 0.1) is 13.4 Å². The Morgan fingerprint density at radius 1 is 0.946 bits per heavy atom. The summed E-state index contributed by atoms with van der Waals surface area (Å²) >= 11 is 0. The van der Waals surface area contributed by atoms with Gasteiger partial charge >= 0.3 is 5.97 Å². The number of ether oxygens (including phenoxy) is 2. The van der Waals surface area contributed by atoms with Crippen molar-refractivity contribution in [2.24, 2.45) is 0 Å². The van der Waals surface area contributed by atoms with E-state index in [1.807, 2.05) is 29.2 Å². The van der Waals surface area contributed by atoms with Gasteiger partial charge in [-0.2, -0.15) is 4.31 Å². The lowest BCUT2D eigenvalue weighted by molar-refractivity contribution is -0.147. The standard InChI is InChI=1S/C27H31N3O6S/c1-35-27(32)25(29-14-16-30(17-15-29)37(2,33)34)18-28-26(31)21-10-12-23(13-11-21)36-19-22-8-5-7-20-6-3-4-9-24(20)22/h3-13,25H,14-19H2,1-2H3,(H,28,31)/t25-/m0/s1. The highest BCUT2D eigenvalue weighted by Crippen LogP contribution is 2.21. The maximum atomic E-state index is 12.8. The van der Waals surface area contributed by atoms with Gasteiger partial charge in [-0.15, -0.1) is 0 Å². The fraction of sp³-hybridized carbons (Fsp3) is 0.333. The predicted octanol–water partition coefficient (Wildman–Crippen LogP) is 2.27. The quantitative estimate of drug-likeness (QED) is 0.427. The van der Waals surface area contributed by atoms with Gasteiger partial charge in [-0.3, -0.25) is 14.5 Å². The van der Waals surface area contributed by atoms with Crippen LogP contribution < -0.4 is 10.1 Å². The molecule has 4 rings (SSSR count). The normalized spacial score (nSPS) is 15.7. The summed E-state index contributed by atoms with van der Waals surface area (Å²) in [5.74, 6) is -0.171. The summed E-state index contributed by atoms with van der Waals surface area (Å²) in [5, 5.41) is 5.09. The molecule has 0 aliphatic carbocycles. The largest absolute Gasteiger partial charge is 0.489 e. The van der Waals surface area contributed by atoms with E-state index in [0.717, 1.165) is 16.3 Å². The van der Waals surface area contributed by atoms with Gasteiger partial charge in [0.2, 0.25) is 10.0 Å². The highest BCUT2D eigenvalue weighted by molar-refractivity contribution is 7.88. The summed E-state index contributed by atoms with van der Waals surface area (Å²) in [7, 11) is -1.99. The number of nitrogens with zero attached hydrogens (tertiary/aromatic N) is 2. The molecule has 0 radical (unpaired) electrons. The van der Waals surface area contributed by atoms with Crippen molar-refractivity contribution in [3.63, 3.8) is 0 Å². The maximum absolute atomic E-state index is 12.8. The van der Waals surface area contributed by atoms with Gasteiger partial charge < -0.3 is 14.8 Å². The smallest absolute Gasteiger partial charge is 0.324 e. The number of esters is 1. The minimum atomic E-state index is -3.29. The molecule has 196 valence electrons. The number of hydrogen-bond acceptors (Lipinski definition) is 7. The van der Waals surface area contributed by atoms with E-state index in [1.165, 1.54) is 17.7 Å². The molecule has 3 aromatic carbocycles. The fourth-order valence-corrected chi connectivity index (χ4v) is 5.24. The van der Waals surface area contributed by atoms with Crippen LogP contribution in [0.25, 0.3) is 10.8 Å². The van der Waals surface area contributed by atoms with Crippen LogP contribution >= 0.6 is 0 Å². The van der Waals surface area contributed by atoms with Crippen molar-refractivity contribution in [3.05, 3.63) is 77.9 Å². The number of amides is 1. The van der Waals surface area contributed by atoms with E-state index in [2.05, 4.69) is 23.5 Å². The number of methoxy groups -OCH3 is 1. The van der Waals surface area contributed by atoms with Crippen LogP contribution in [0.5, 0.6) is 5.75 Å². The highest BCUT2D eigenvalue weighted by Gasteiger charge is 2.32. The second-order valence-corrected chi connectivity index (χ2v) is 10.9. The molecule has 37 heavy (non-hydrogen) atoms. The average Bonchev–Trinajstić information content (AvgIpc) is 2.91. The van der Waals surface area contributed by atoms with Crippen LogP contribution in [0, 0.1) is 0 Å². The van der Waals surface area contributed by atoms with Crippen LogP contribution in [0.2, 0.25) is 0 Å². The third kappa shape index (κ3) is 6.65. The molecular formula is C27H31N3O6S. The average molecular weight is 526 g/mol. The van der Waals surface area contributed by atoms with E-state index in [4.69, 9.17) is 9.47 Å². The summed E-state index contributed by atoms with van der Waals surface area (Å²) in [4.78, 5) is 27.0. The topological polar surface area (TPSA) is 105 Å². The molecule has 1 N–H and O–H groups in total. The monoisotopic (exact) mass is 525 g/mol. The van der Waals surface area contributed by atoms with E-state index in [-0.39, 0.29) is 25.5 Å². The van der Waals surface area contributed by atoms with Crippen LogP contribution in [0.1, 0.15) is 15.9 Å². The lowest BCUT2D eigenvalue weighted by Crippen LogP contribution is -2.57. The van der Waals surface area contributed by atoms with Crippen LogP contribution in [-0.4, -0.2) is 81.6 Å². The Kier molecular flexibility index (Phi) is 8.42. The molecule has 0 saturated carbocycles. The van der Waals surface area contributed by atoms with Gasteiger partial charge in [0, 0.05) is 38.3 Å². The first-order chi connectivity index (χ1) is 17.8. The zero-order valence-corrected chi connectivity index (χ0v) is 21.7. The molecule has 0 aromatic heterocycles. The van der Waals surface area contributed by atoms with Crippen molar-refractivity contribution < 1.29 is 27.5 Å². The lowest BCUT2D eigenvalue weighted by Gasteiger charge is -2.37. The molecule has 1 fully saturated rings. The molecule has 3 aromatic rings. The fourth-order valence-electron chi connectivity index (χ4n) is 4.42. The molecule has 9 nitrogen and oxygen atoms in total. The SMILES string of the molecule is COC(=O)[C@H](CNC(=O)c1ccc(OCc2cccc3ccccc23)cc1)N1CCN(S(C)(=O)=O)CC1. The van der Waals surface area contributed by atoms with Crippen molar-refractivity contribution in [1.82, 2.24) is 14.5 Å². The van der Waals surface area contributed by atoms with Gasteiger partial charge in [0.25, 0.3) is 5.91 Å². The first-order valence-corrected chi connectivity index (χ1v) is 13.9. The molecule has 1 aliphatic rings. The molecule has 10 heteroatoms. The molecule has 1 amide bonds. The van der Waals surface area contributed by atoms with E-state index >= 15 is 0 Å². The van der Waals surface area contributed by atoms with Crippen LogP contribution in [0.4, 0.5) is 0 Å². The van der Waals surface area contributed by atoms with Gasteiger partial charge in [0.15, 0.2) is 0 Å². The van der Waals surface area contributed by atoms with E-state index in [9.17, 15) is 18.0 Å². The maximum Gasteiger partial charge on any atom is 0.324 e. The van der Waals surface area contributed by atoms with Crippen LogP contribution in [0.15, 0.2) is 66.7 Å². The third-order valence-corrected chi connectivity index (χ3v) is 7.81. The first-order valence-electron chi connectivity index (χ1n) is 12.0. The van der Waals surface area contributed by atoms with Crippen molar-refractivity contribution in [3.8, 4) is 5.75 Å². The highest BCUT2D eigenvalue weighted by atomic mass is 32.2. The number of sulfonamides is 1. The van der Waals surface area contributed by atoms with Crippen molar-refractivity contribution in [1.29, 1.82) is 0 Å². The second kappa shape index (κ2) is 11.7. The molecule has 0 bridgehead atoms. The summed E-state index contributed by atoms with van der Waals surface area (Å²) in [5.41, 5.74) is 1.51. The molecular weight excluding hydrogens is 494 g/mol. The summed E-state index contributed by atoms with van der Waals surface area (Å²) < 4.78 is 35.8. The zero-order valence-electron chi connectivity index (χ0n) is 20.9. The minimum Gasteiger partial charge on any atom is -0.489 e. The predicted molar refractivity (Wildman–Crippen MR) is 141 cm³/mol. The number of hydrogen-bond donors (Lipinski definition) is 1. The van der Waals surface area contributed by atoms with Gasteiger partial charge in [-0.25, -0.2) is 8.42 Å². The Morgan fingerprint density at radius 2 is 1.62 bits per heavy atom. The number of carbonyl (C=O) groups is 2. The second-order valence-electron chi connectivity index (χ2n) is 8.90. The summed E-state index contributed by atoms with van der Waals surface area (Å²) in [6.45, 7) is 1.74. The first kappa shape index (κ1) is 26.6. The Bertz CT molecular complexity index is 1350. The number of benzene rings is 3. The van der Waals surface area contributed by atoms with Crippen molar-refractivity contribution in [2.45, 2.75) is 12.6 Å². The number of fused-ring (bicyclic) bond motifs is 1. The van der Waals surface area contributed by atoms with Crippen molar-refractivity contribution in [2.75, 3.05) is 46.1 Å². The van der Waals surface area contributed by atoms with E-state index in [1.54, 1.807) is 24.3 Å². The van der Waals surface area contributed by atoms with Crippen LogP contribution in [-0.2, 0) is 26.2 Å². The molecule has 1 aliphatic heterocycles. The van der Waals surface area contributed by atoms with Gasteiger partial charge in [0.1, 0.15) is 18.4 Å². The van der Waals surface area contributed by atoms with Gasteiger partial charge in [-0.1, -0.05) is 42.5 Å². The Morgan fingerprint density at radius 3 is 2.30 bits per heavy atom. The Labute approximate surface area is 217 Å². The zero-order chi connectivity index (χ0) is 26.4. The van der Waals surface area contributed by atoms with E-state index < -0.39 is 22.0 Å². The Hall–Kier alpha value is -3.47. The number of rotatable bonds is 9. The molecule has 0 spiro atoms. The summed E-state index contributed by atoms with van der Waals surface area (Å²) in [6, 6.07) is 20.3. The molecule has 1 atom stereocenters. The number of nitrogens with one attached hydrogen (secondary N) is 1. The van der Waals surface area contributed by atoms with Crippen LogP contribution in [0.3, 0.4) is 0 Å². The molecule has 1 saturated heterocycles. The molecule has 0 unspecified atom stereocenters. The number of piperazine rings is 1. The summed E-state index contributed by atoms with van der Waals surface area (Å²) in [6.07, 6.45) is 1.17. The van der Waals surface area contributed by atoms with E-state index in [0.29, 0.717) is 31.0 Å². The Balaban J connectivity index is 1.33. The van der Waals surface area contributed by atoms with Crippen molar-refractivity contribution >= 4 is 32.7 Å². The third-order valence-electron chi connectivity index (χ3n) is 6.50. The number of carbonyl (C=O) groups excluding carboxylic acids is 2. The lowest BCUT2D eigenvalue weighted by atomic mass is 10.1. The molecule has 1 heterocycles.